The molecule has 0 saturated carbocycles. The van der Waals surface area contributed by atoms with Gasteiger partial charge in [-0.2, -0.15) is 9.57 Å². The second-order valence-electron chi connectivity index (χ2n) is 7.86. The molecule has 0 atom stereocenters. The van der Waals surface area contributed by atoms with E-state index in [1.807, 2.05) is 6.07 Å². The molecule has 0 aromatic heterocycles. The Hall–Kier alpha value is -3.55. The predicted octanol–water partition coefficient (Wildman–Crippen LogP) is 3.19. The number of nitrogens with zero attached hydrogens (tertiary/aromatic N) is 2. The highest BCUT2D eigenvalue weighted by molar-refractivity contribution is 7.89. The van der Waals surface area contributed by atoms with Crippen LogP contribution in [0.3, 0.4) is 0 Å². The number of carbonyl (C=O) groups excluding carboxylic acids is 1. The topological polar surface area (TPSA) is 118 Å². The highest BCUT2D eigenvalue weighted by Crippen LogP contribution is 2.40. The van der Waals surface area contributed by atoms with Crippen molar-refractivity contribution in [3.63, 3.8) is 0 Å². The normalized spacial score (nSPS) is 16.4. The van der Waals surface area contributed by atoms with Crippen molar-refractivity contribution in [1.82, 2.24) is 4.31 Å². The minimum Gasteiger partial charge on any atom is -0.493 e. The molecule has 9 nitrogen and oxygen atoms in total. The molecule has 4 rings (SSSR count). The monoisotopic (exact) mass is 483 g/mol. The van der Waals surface area contributed by atoms with Crippen LogP contribution in [0.2, 0.25) is 0 Å². The molecule has 2 aliphatic heterocycles. The smallest absolute Gasteiger partial charge is 0.266 e. The number of nitriles is 1. The maximum atomic E-state index is 12.9. The molecule has 0 radical (unpaired) electrons. The van der Waals surface area contributed by atoms with E-state index in [9.17, 15) is 18.5 Å². The van der Waals surface area contributed by atoms with Gasteiger partial charge in [-0.25, -0.2) is 8.42 Å². The average Bonchev–Trinajstić information content (AvgIpc) is 2.87. The van der Waals surface area contributed by atoms with E-state index < -0.39 is 15.9 Å². The lowest BCUT2D eigenvalue weighted by Crippen LogP contribution is -2.35. The van der Waals surface area contributed by atoms with Crippen molar-refractivity contribution in [2.45, 2.75) is 24.2 Å². The fourth-order valence-corrected chi connectivity index (χ4v) is 5.44. The number of fused-ring (bicyclic) bond motifs is 1. The van der Waals surface area contributed by atoms with Crippen LogP contribution in [0.15, 0.2) is 46.9 Å². The Morgan fingerprint density at radius 3 is 2.65 bits per heavy atom. The predicted molar refractivity (Wildman–Crippen MR) is 125 cm³/mol. The maximum Gasteiger partial charge on any atom is 0.266 e. The third-order valence-electron chi connectivity index (χ3n) is 5.57. The summed E-state index contributed by atoms with van der Waals surface area (Å²) >= 11 is 0. The van der Waals surface area contributed by atoms with Crippen molar-refractivity contribution in [3.8, 4) is 23.3 Å². The van der Waals surface area contributed by atoms with Crippen molar-refractivity contribution in [2.24, 2.45) is 0 Å². The first-order chi connectivity index (χ1) is 16.4. The molecular weight excluding hydrogens is 458 g/mol. The number of sulfonamides is 1. The molecule has 0 spiro atoms. The molecular formula is C24H25N3O6S. The van der Waals surface area contributed by atoms with Crippen LogP contribution in [0.1, 0.15) is 24.8 Å². The third-order valence-corrected chi connectivity index (χ3v) is 7.47. The molecule has 2 aromatic rings. The molecule has 2 aliphatic rings. The van der Waals surface area contributed by atoms with Crippen LogP contribution in [-0.2, 0) is 14.8 Å². The van der Waals surface area contributed by atoms with Crippen molar-refractivity contribution in [2.75, 3.05) is 38.7 Å². The number of amides is 1. The lowest BCUT2D eigenvalue weighted by Gasteiger charge is -2.26. The zero-order valence-corrected chi connectivity index (χ0v) is 19.6. The van der Waals surface area contributed by atoms with E-state index in [1.54, 1.807) is 24.3 Å². The zero-order chi connectivity index (χ0) is 24.1. The van der Waals surface area contributed by atoms with Gasteiger partial charge in [0.2, 0.25) is 15.8 Å². The number of piperidine rings is 1. The fourth-order valence-electron chi connectivity index (χ4n) is 3.88. The molecule has 34 heavy (non-hydrogen) atoms. The summed E-state index contributed by atoms with van der Waals surface area (Å²) in [6, 6.07) is 11.2. The summed E-state index contributed by atoms with van der Waals surface area (Å²) in [6.07, 6.45) is 4.08. The van der Waals surface area contributed by atoms with E-state index in [1.165, 1.54) is 29.6 Å². The standard InChI is InChI=1S/C24H25N3O6S/c1-31-21-13-17(14-22-23(21)33-11-10-32-22)12-18(16-25)24(28)26-19-6-5-7-20(15-19)34(29,30)27-8-3-2-4-9-27/h5-7,12-15H,2-4,8-11H2,1H3,(H,26,28)/b18-12+. The van der Waals surface area contributed by atoms with Gasteiger partial charge in [-0.1, -0.05) is 12.5 Å². The van der Waals surface area contributed by atoms with Gasteiger partial charge in [-0.05, 0) is 54.8 Å². The number of anilines is 1. The van der Waals surface area contributed by atoms with E-state index in [4.69, 9.17) is 14.2 Å². The van der Waals surface area contributed by atoms with Crippen molar-refractivity contribution < 1.29 is 27.4 Å². The van der Waals surface area contributed by atoms with E-state index >= 15 is 0 Å². The second kappa shape index (κ2) is 10.2. The molecule has 0 bridgehead atoms. The number of hydrogen-bond donors (Lipinski definition) is 1. The maximum absolute atomic E-state index is 12.9. The molecule has 0 aliphatic carbocycles. The summed E-state index contributed by atoms with van der Waals surface area (Å²) in [6.45, 7) is 1.75. The SMILES string of the molecule is COc1cc(/C=C(\C#N)C(=O)Nc2cccc(S(=O)(=O)N3CCCCC3)c2)cc2c1OCCO2. The number of hydrogen-bond acceptors (Lipinski definition) is 7. The van der Waals surface area contributed by atoms with Gasteiger partial charge >= 0.3 is 0 Å². The van der Waals surface area contributed by atoms with Gasteiger partial charge in [0, 0.05) is 18.8 Å². The highest BCUT2D eigenvalue weighted by atomic mass is 32.2. The molecule has 1 saturated heterocycles. The van der Waals surface area contributed by atoms with Crippen LogP contribution in [0, 0.1) is 11.3 Å². The second-order valence-corrected chi connectivity index (χ2v) is 9.80. The van der Waals surface area contributed by atoms with Gasteiger partial charge in [-0.15, -0.1) is 0 Å². The Kier molecular flexibility index (Phi) is 7.05. The Morgan fingerprint density at radius 1 is 1.15 bits per heavy atom. The molecule has 2 heterocycles. The largest absolute Gasteiger partial charge is 0.493 e. The Balaban J connectivity index is 1.56. The van der Waals surface area contributed by atoms with E-state index in [-0.39, 0.29) is 16.2 Å². The van der Waals surface area contributed by atoms with Crippen molar-refractivity contribution in [3.05, 3.63) is 47.5 Å². The summed E-state index contributed by atoms with van der Waals surface area (Å²) in [4.78, 5) is 12.9. The lowest BCUT2D eigenvalue weighted by molar-refractivity contribution is -0.112. The van der Waals surface area contributed by atoms with Gasteiger partial charge in [0.05, 0.1) is 12.0 Å². The molecule has 0 unspecified atom stereocenters. The van der Waals surface area contributed by atoms with Gasteiger partial charge in [0.25, 0.3) is 5.91 Å². The molecule has 10 heteroatoms. The molecule has 2 aromatic carbocycles. The van der Waals surface area contributed by atoms with Crippen molar-refractivity contribution >= 4 is 27.7 Å². The average molecular weight is 484 g/mol. The van der Waals surface area contributed by atoms with Gasteiger partial charge in [0.15, 0.2) is 11.5 Å². The number of nitrogens with one attached hydrogen (secondary N) is 1. The quantitative estimate of drug-likeness (QED) is 0.495. The van der Waals surface area contributed by atoms with E-state index in [0.29, 0.717) is 49.1 Å². The third kappa shape index (κ3) is 5.00. The van der Waals surface area contributed by atoms with E-state index in [0.717, 1.165) is 19.3 Å². The first kappa shape index (κ1) is 23.6. The Bertz CT molecular complexity index is 1240. The first-order valence-electron chi connectivity index (χ1n) is 10.9. The fraction of sp³-hybridized carbons (Fsp3) is 0.333. The zero-order valence-electron chi connectivity index (χ0n) is 18.7. The molecule has 178 valence electrons. The number of benzene rings is 2. The van der Waals surface area contributed by atoms with Gasteiger partial charge in [-0.3, -0.25) is 4.79 Å². The summed E-state index contributed by atoms with van der Waals surface area (Å²) in [5.74, 6) is 0.700. The summed E-state index contributed by atoms with van der Waals surface area (Å²) < 4.78 is 43.9. The van der Waals surface area contributed by atoms with Crippen LogP contribution in [0.5, 0.6) is 17.2 Å². The summed E-state index contributed by atoms with van der Waals surface area (Å²) in [7, 11) is -2.16. The summed E-state index contributed by atoms with van der Waals surface area (Å²) in [5.41, 5.74) is 0.640. The van der Waals surface area contributed by atoms with E-state index in [2.05, 4.69) is 5.32 Å². The van der Waals surface area contributed by atoms with Crippen molar-refractivity contribution in [1.29, 1.82) is 5.26 Å². The highest BCUT2D eigenvalue weighted by Gasteiger charge is 2.26. The summed E-state index contributed by atoms with van der Waals surface area (Å²) in [5, 5.41) is 12.2. The lowest BCUT2D eigenvalue weighted by atomic mass is 10.1. The molecule has 1 amide bonds. The minimum absolute atomic E-state index is 0.103. The Morgan fingerprint density at radius 2 is 1.91 bits per heavy atom. The number of ether oxygens (including phenoxy) is 3. The van der Waals surface area contributed by atoms with Gasteiger partial charge in [0.1, 0.15) is 24.9 Å². The van der Waals surface area contributed by atoms with Crippen LogP contribution < -0.4 is 19.5 Å². The molecule has 1 N–H and O–H groups in total. The van der Waals surface area contributed by atoms with Gasteiger partial charge < -0.3 is 19.5 Å². The van der Waals surface area contributed by atoms with Crippen LogP contribution >= 0.6 is 0 Å². The van der Waals surface area contributed by atoms with Crippen LogP contribution in [0.25, 0.3) is 6.08 Å². The van der Waals surface area contributed by atoms with Crippen LogP contribution in [0.4, 0.5) is 5.69 Å². The number of methoxy groups -OCH3 is 1. The number of carbonyl (C=O) groups is 1. The molecule has 1 fully saturated rings. The minimum atomic E-state index is -3.65. The first-order valence-corrected chi connectivity index (χ1v) is 12.4. The Labute approximate surface area is 198 Å². The van der Waals surface area contributed by atoms with Crippen LogP contribution in [-0.4, -0.2) is 52.0 Å². The number of rotatable bonds is 6.